The van der Waals surface area contributed by atoms with Gasteiger partial charge in [0, 0.05) is 21.0 Å². The highest BCUT2D eigenvalue weighted by molar-refractivity contribution is 9.10. The molecule has 0 aliphatic heterocycles. The van der Waals surface area contributed by atoms with Crippen molar-refractivity contribution < 1.29 is 4.79 Å². The van der Waals surface area contributed by atoms with Gasteiger partial charge in [-0.05, 0) is 48.6 Å². The molecule has 1 aliphatic carbocycles. The third-order valence-corrected chi connectivity index (χ3v) is 4.84. The first kappa shape index (κ1) is 13.8. The fourth-order valence-electron chi connectivity index (χ4n) is 2.83. The highest BCUT2D eigenvalue weighted by Crippen LogP contribution is 2.31. The summed E-state index contributed by atoms with van der Waals surface area (Å²) in [6.45, 7) is 0. The van der Waals surface area contributed by atoms with Gasteiger partial charge >= 0.3 is 0 Å². The second kappa shape index (κ2) is 5.71. The van der Waals surface area contributed by atoms with E-state index in [9.17, 15) is 4.79 Å². The van der Waals surface area contributed by atoms with Crippen LogP contribution in [0.4, 0.5) is 0 Å². The molecule has 2 aromatic carbocycles. The molecular formula is C17H14BrClO. The van der Waals surface area contributed by atoms with E-state index in [4.69, 9.17) is 11.6 Å². The zero-order valence-electron chi connectivity index (χ0n) is 10.9. The van der Waals surface area contributed by atoms with Gasteiger partial charge in [-0.2, -0.15) is 0 Å². The predicted molar refractivity (Wildman–Crippen MR) is 85.4 cm³/mol. The van der Waals surface area contributed by atoms with Crippen LogP contribution < -0.4 is 0 Å². The van der Waals surface area contributed by atoms with Gasteiger partial charge < -0.3 is 0 Å². The Morgan fingerprint density at radius 3 is 2.70 bits per heavy atom. The third kappa shape index (κ3) is 2.68. The Hall–Kier alpha value is -1.12. The Morgan fingerprint density at radius 1 is 1.15 bits per heavy atom. The number of halogens is 2. The summed E-state index contributed by atoms with van der Waals surface area (Å²) in [7, 11) is 0. The molecule has 0 radical (unpaired) electrons. The average molecular weight is 350 g/mol. The van der Waals surface area contributed by atoms with Crippen molar-refractivity contribution >= 4 is 33.3 Å². The van der Waals surface area contributed by atoms with Crippen molar-refractivity contribution in [2.75, 3.05) is 0 Å². The fourth-order valence-corrected chi connectivity index (χ4v) is 3.44. The van der Waals surface area contributed by atoms with Gasteiger partial charge in [0.2, 0.25) is 0 Å². The van der Waals surface area contributed by atoms with Crippen molar-refractivity contribution in [1.29, 1.82) is 0 Å². The van der Waals surface area contributed by atoms with Crippen molar-refractivity contribution in [1.82, 2.24) is 0 Å². The average Bonchev–Trinajstić information content (AvgIpc) is 2.48. The molecule has 0 aromatic heterocycles. The van der Waals surface area contributed by atoms with Gasteiger partial charge in [-0.3, -0.25) is 4.79 Å². The zero-order chi connectivity index (χ0) is 14.1. The van der Waals surface area contributed by atoms with E-state index in [1.165, 1.54) is 11.1 Å². The minimum Gasteiger partial charge on any atom is -0.294 e. The second-order valence-corrected chi connectivity index (χ2v) is 6.49. The van der Waals surface area contributed by atoms with Gasteiger partial charge in [0.1, 0.15) is 0 Å². The smallest absolute Gasteiger partial charge is 0.167 e. The van der Waals surface area contributed by atoms with E-state index in [-0.39, 0.29) is 11.7 Å². The lowest BCUT2D eigenvalue weighted by atomic mass is 9.80. The van der Waals surface area contributed by atoms with Crippen LogP contribution in [0.25, 0.3) is 0 Å². The summed E-state index contributed by atoms with van der Waals surface area (Å²) in [5, 5.41) is 0.604. The normalized spacial score (nSPS) is 17.6. The number of carbonyl (C=O) groups is 1. The summed E-state index contributed by atoms with van der Waals surface area (Å²) in [6.07, 6.45) is 2.72. The molecule has 1 atom stereocenters. The van der Waals surface area contributed by atoms with E-state index in [1.807, 2.05) is 12.1 Å². The molecule has 3 rings (SSSR count). The summed E-state index contributed by atoms with van der Waals surface area (Å²) in [5.41, 5.74) is 3.37. The van der Waals surface area contributed by atoms with E-state index in [2.05, 4.69) is 34.1 Å². The largest absolute Gasteiger partial charge is 0.294 e. The summed E-state index contributed by atoms with van der Waals surface area (Å²) >= 11 is 9.46. The lowest BCUT2D eigenvalue weighted by Gasteiger charge is -2.24. The fraction of sp³-hybridized carbons (Fsp3) is 0.235. The molecule has 0 fully saturated rings. The number of aryl methyl sites for hydroxylation is 1. The molecule has 0 bridgehead atoms. The van der Waals surface area contributed by atoms with Crippen molar-refractivity contribution in [3.05, 3.63) is 68.7 Å². The van der Waals surface area contributed by atoms with Crippen LogP contribution in [-0.4, -0.2) is 5.78 Å². The van der Waals surface area contributed by atoms with Gasteiger partial charge in [-0.15, -0.1) is 0 Å². The molecule has 0 amide bonds. The Kier molecular flexibility index (Phi) is 3.95. The number of hydrogen-bond donors (Lipinski definition) is 0. The van der Waals surface area contributed by atoms with E-state index >= 15 is 0 Å². The topological polar surface area (TPSA) is 17.1 Å². The standard InChI is InChI=1S/C17H14BrClO/c18-16-8-7-14(19)10-15(16)17(20)13-6-5-11-3-1-2-4-12(11)9-13/h1-4,7-8,10,13H,5-6,9H2. The zero-order valence-corrected chi connectivity index (χ0v) is 13.2. The lowest BCUT2D eigenvalue weighted by molar-refractivity contribution is 0.0908. The number of ketones is 1. The van der Waals surface area contributed by atoms with Crippen LogP contribution in [0, 0.1) is 5.92 Å². The van der Waals surface area contributed by atoms with Crippen molar-refractivity contribution in [2.45, 2.75) is 19.3 Å². The number of hydrogen-bond acceptors (Lipinski definition) is 1. The quantitative estimate of drug-likeness (QED) is 0.690. The maximum atomic E-state index is 12.7. The minimum atomic E-state index is 0.0552. The molecule has 1 nitrogen and oxygen atoms in total. The number of fused-ring (bicyclic) bond motifs is 1. The highest BCUT2D eigenvalue weighted by atomic mass is 79.9. The van der Waals surface area contributed by atoms with Crippen LogP contribution in [-0.2, 0) is 12.8 Å². The van der Waals surface area contributed by atoms with Gasteiger partial charge in [-0.1, -0.05) is 51.8 Å². The van der Waals surface area contributed by atoms with Crippen LogP contribution in [0.5, 0.6) is 0 Å². The molecule has 3 heteroatoms. The summed E-state index contributed by atoms with van der Waals surface area (Å²) in [6, 6.07) is 13.8. The predicted octanol–water partition coefficient (Wildman–Crippen LogP) is 5.09. The first-order valence-electron chi connectivity index (χ1n) is 6.71. The number of carbonyl (C=O) groups excluding carboxylic acids is 1. The molecule has 0 spiro atoms. The van der Waals surface area contributed by atoms with Crippen LogP contribution in [0.1, 0.15) is 27.9 Å². The third-order valence-electron chi connectivity index (χ3n) is 3.91. The number of Topliss-reactive ketones (excluding diaryl/α,β-unsaturated/α-hetero) is 1. The Balaban J connectivity index is 1.88. The van der Waals surface area contributed by atoms with E-state index in [0.717, 1.165) is 23.7 Å². The van der Waals surface area contributed by atoms with Crippen molar-refractivity contribution in [2.24, 2.45) is 5.92 Å². The van der Waals surface area contributed by atoms with Gasteiger partial charge in [0.05, 0.1) is 0 Å². The summed E-state index contributed by atoms with van der Waals surface area (Å²) in [5.74, 6) is 0.244. The lowest BCUT2D eigenvalue weighted by Crippen LogP contribution is -2.23. The van der Waals surface area contributed by atoms with Crippen LogP contribution >= 0.6 is 27.5 Å². The monoisotopic (exact) mass is 348 g/mol. The maximum Gasteiger partial charge on any atom is 0.167 e. The van der Waals surface area contributed by atoms with Crippen LogP contribution in [0.3, 0.4) is 0 Å². The van der Waals surface area contributed by atoms with Gasteiger partial charge in [-0.25, -0.2) is 0 Å². The Labute approximate surface area is 132 Å². The van der Waals surface area contributed by atoms with Crippen LogP contribution in [0.15, 0.2) is 46.9 Å². The molecule has 1 unspecified atom stereocenters. The van der Waals surface area contributed by atoms with Crippen molar-refractivity contribution in [3.8, 4) is 0 Å². The summed E-state index contributed by atoms with van der Waals surface area (Å²) < 4.78 is 0.825. The minimum absolute atomic E-state index is 0.0552. The van der Waals surface area contributed by atoms with E-state index in [0.29, 0.717) is 10.6 Å². The molecule has 0 heterocycles. The molecular weight excluding hydrogens is 336 g/mol. The molecule has 0 N–H and O–H groups in total. The highest BCUT2D eigenvalue weighted by Gasteiger charge is 2.26. The van der Waals surface area contributed by atoms with Crippen molar-refractivity contribution in [3.63, 3.8) is 0 Å². The van der Waals surface area contributed by atoms with Gasteiger partial charge in [0.15, 0.2) is 5.78 Å². The molecule has 0 saturated carbocycles. The SMILES string of the molecule is O=C(c1cc(Cl)ccc1Br)C1CCc2ccccc2C1. The van der Waals surface area contributed by atoms with E-state index in [1.54, 1.807) is 12.1 Å². The molecule has 102 valence electrons. The molecule has 2 aromatic rings. The summed E-state index contributed by atoms with van der Waals surface area (Å²) in [4.78, 5) is 12.7. The molecule has 1 aliphatic rings. The maximum absolute atomic E-state index is 12.7. The van der Waals surface area contributed by atoms with Crippen LogP contribution in [0.2, 0.25) is 5.02 Å². The molecule has 20 heavy (non-hydrogen) atoms. The first-order chi connectivity index (χ1) is 9.65. The number of benzene rings is 2. The molecule has 0 saturated heterocycles. The first-order valence-corrected chi connectivity index (χ1v) is 7.88. The second-order valence-electron chi connectivity index (χ2n) is 5.20. The van der Waals surface area contributed by atoms with E-state index < -0.39 is 0 Å². The number of rotatable bonds is 2. The Morgan fingerprint density at radius 2 is 1.90 bits per heavy atom. The Bertz CT molecular complexity index is 666. The van der Waals surface area contributed by atoms with Gasteiger partial charge in [0.25, 0.3) is 0 Å².